The van der Waals surface area contributed by atoms with Crippen molar-refractivity contribution in [2.45, 2.75) is 32.2 Å². The average molecular weight is 245 g/mol. The van der Waals surface area contributed by atoms with Crippen LogP contribution in [0.15, 0.2) is 18.3 Å². The molecule has 1 aliphatic carbocycles. The number of rotatable bonds is 3. The van der Waals surface area contributed by atoms with Crippen LogP contribution in [0.2, 0.25) is 0 Å². The van der Waals surface area contributed by atoms with E-state index in [9.17, 15) is 0 Å². The van der Waals surface area contributed by atoms with E-state index in [0.29, 0.717) is 0 Å². The summed E-state index contributed by atoms with van der Waals surface area (Å²) in [5.74, 6) is 2.94. The van der Waals surface area contributed by atoms with Gasteiger partial charge in [-0.1, -0.05) is 12.5 Å². The predicted molar refractivity (Wildman–Crippen MR) is 74.5 cm³/mol. The first-order chi connectivity index (χ1) is 8.85. The van der Waals surface area contributed by atoms with Crippen molar-refractivity contribution in [3.8, 4) is 0 Å². The molecule has 0 amide bonds. The molecule has 2 bridgehead atoms. The lowest BCUT2D eigenvalue weighted by atomic mass is 9.78. The normalized spacial score (nSPS) is 28.1. The fourth-order valence-electron chi connectivity index (χ4n) is 3.70. The van der Waals surface area contributed by atoms with Gasteiger partial charge in [-0.15, -0.1) is 0 Å². The van der Waals surface area contributed by atoms with Crippen molar-refractivity contribution in [3.05, 3.63) is 23.9 Å². The smallest absolute Gasteiger partial charge is 0.130 e. The summed E-state index contributed by atoms with van der Waals surface area (Å²) in [5, 5.41) is 3.20. The van der Waals surface area contributed by atoms with Gasteiger partial charge in [0.25, 0.3) is 0 Å². The van der Waals surface area contributed by atoms with Crippen LogP contribution < -0.4 is 5.32 Å². The zero-order valence-corrected chi connectivity index (χ0v) is 11.2. The molecule has 1 aromatic rings. The number of pyridine rings is 1. The first kappa shape index (κ1) is 12.0. The minimum absolute atomic E-state index is 0.951. The average Bonchev–Trinajstić information content (AvgIpc) is 2.39. The van der Waals surface area contributed by atoms with Crippen LogP contribution in [0.3, 0.4) is 0 Å². The third-order valence-electron chi connectivity index (χ3n) is 4.45. The van der Waals surface area contributed by atoms with Gasteiger partial charge < -0.3 is 5.32 Å². The highest BCUT2D eigenvalue weighted by Gasteiger charge is 2.30. The molecule has 3 heteroatoms. The van der Waals surface area contributed by atoms with Gasteiger partial charge in [0.1, 0.15) is 5.82 Å². The Balaban J connectivity index is 1.69. The molecule has 0 aromatic carbocycles. The number of piperidine rings is 1. The number of nitrogens with one attached hydrogen (secondary N) is 1. The van der Waals surface area contributed by atoms with E-state index in [1.54, 1.807) is 0 Å². The maximum atomic E-state index is 4.40. The maximum absolute atomic E-state index is 4.40. The number of aromatic nitrogens is 1. The van der Waals surface area contributed by atoms with Crippen molar-refractivity contribution in [2.24, 2.45) is 11.8 Å². The lowest BCUT2D eigenvalue weighted by Crippen LogP contribution is -2.42. The minimum atomic E-state index is 0.951. The molecule has 1 aliphatic heterocycles. The molecule has 0 spiro atoms. The summed E-state index contributed by atoms with van der Waals surface area (Å²) in [4.78, 5) is 7.03. The Morgan fingerprint density at radius 2 is 2.11 bits per heavy atom. The quantitative estimate of drug-likeness (QED) is 0.887. The van der Waals surface area contributed by atoms with Crippen LogP contribution in [0, 0.1) is 11.8 Å². The monoisotopic (exact) mass is 245 g/mol. The predicted octanol–water partition coefficient (Wildman–Crippen LogP) is 2.75. The molecule has 3 rings (SSSR count). The topological polar surface area (TPSA) is 28.2 Å². The fraction of sp³-hybridized carbons (Fsp3) is 0.667. The summed E-state index contributed by atoms with van der Waals surface area (Å²) in [6.45, 7) is 3.63. The van der Waals surface area contributed by atoms with Crippen molar-refractivity contribution in [3.63, 3.8) is 0 Å². The zero-order chi connectivity index (χ0) is 12.4. The highest BCUT2D eigenvalue weighted by atomic mass is 15.1. The second kappa shape index (κ2) is 5.27. The lowest BCUT2D eigenvalue weighted by molar-refractivity contribution is 0.0809. The van der Waals surface area contributed by atoms with Crippen molar-refractivity contribution >= 4 is 5.82 Å². The highest BCUT2D eigenvalue weighted by Crippen LogP contribution is 2.35. The van der Waals surface area contributed by atoms with E-state index in [0.717, 1.165) is 24.2 Å². The number of fused-ring (bicyclic) bond motifs is 2. The van der Waals surface area contributed by atoms with Crippen molar-refractivity contribution < 1.29 is 0 Å². The summed E-state index contributed by atoms with van der Waals surface area (Å²) in [6, 6.07) is 4.24. The second-order valence-electron chi connectivity index (χ2n) is 5.85. The van der Waals surface area contributed by atoms with Gasteiger partial charge >= 0.3 is 0 Å². The highest BCUT2D eigenvalue weighted by molar-refractivity contribution is 5.42. The summed E-state index contributed by atoms with van der Waals surface area (Å²) in [7, 11) is 1.96. The molecule has 2 aliphatic rings. The Hall–Kier alpha value is -1.09. The van der Waals surface area contributed by atoms with E-state index in [1.807, 2.05) is 19.3 Å². The van der Waals surface area contributed by atoms with Crippen molar-refractivity contribution in [1.29, 1.82) is 0 Å². The van der Waals surface area contributed by atoms with E-state index in [-0.39, 0.29) is 0 Å². The number of anilines is 1. The Labute approximate surface area is 110 Å². The lowest BCUT2D eigenvalue weighted by Gasteiger charge is -2.41. The second-order valence-corrected chi connectivity index (χ2v) is 5.85. The third-order valence-corrected chi connectivity index (χ3v) is 4.45. The molecule has 2 fully saturated rings. The summed E-state index contributed by atoms with van der Waals surface area (Å²) in [5.41, 5.74) is 1.33. The number of hydrogen-bond acceptors (Lipinski definition) is 3. The minimum Gasteiger partial charge on any atom is -0.373 e. The van der Waals surface area contributed by atoms with Crippen molar-refractivity contribution in [1.82, 2.24) is 9.88 Å². The Bertz CT molecular complexity index is 392. The zero-order valence-electron chi connectivity index (χ0n) is 11.2. The molecule has 1 saturated heterocycles. The van der Waals surface area contributed by atoms with Gasteiger partial charge in [-0.3, -0.25) is 4.90 Å². The number of nitrogens with zero attached hydrogens (tertiary/aromatic N) is 2. The van der Waals surface area contributed by atoms with E-state index in [2.05, 4.69) is 21.3 Å². The molecule has 1 aromatic heterocycles. The van der Waals surface area contributed by atoms with Crippen LogP contribution in [-0.2, 0) is 6.54 Å². The summed E-state index contributed by atoms with van der Waals surface area (Å²) < 4.78 is 0. The number of hydrogen-bond donors (Lipinski definition) is 1. The van der Waals surface area contributed by atoms with E-state index in [1.165, 1.54) is 44.3 Å². The summed E-state index contributed by atoms with van der Waals surface area (Å²) in [6.07, 6.45) is 7.68. The molecule has 3 nitrogen and oxygen atoms in total. The number of likely N-dealkylation sites (tertiary alicyclic amines) is 1. The largest absolute Gasteiger partial charge is 0.373 e. The van der Waals surface area contributed by atoms with Gasteiger partial charge in [-0.2, -0.15) is 0 Å². The first-order valence-corrected chi connectivity index (χ1v) is 7.19. The molecular weight excluding hydrogens is 222 g/mol. The van der Waals surface area contributed by atoms with Gasteiger partial charge in [0.05, 0.1) is 0 Å². The fourth-order valence-corrected chi connectivity index (χ4v) is 3.70. The maximum Gasteiger partial charge on any atom is 0.130 e. The first-order valence-electron chi connectivity index (χ1n) is 7.19. The van der Waals surface area contributed by atoms with Gasteiger partial charge in [0.15, 0.2) is 0 Å². The molecule has 98 valence electrons. The van der Waals surface area contributed by atoms with E-state index >= 15 is 0 Å². The van der Waals surface area contributed by atoms with Crippen molar-refractivity contribution in [2.75, 3.05) is 25.5 Å². The molecule has 2 atom stereocenters. The summed E-state index contributed by atoms with van der Waals surface area (Å²) >= 11 is 0. The van der Waals surface area contributed by atoms with Crippen LogP contribution in [0.1, 0.15) is 31.2 Å². The van der Waals surface area contributed by atoms with Crippen LogP contribution in [0.5, 0.6) is 0 Å². The molecular formula is C15H23N3. The molecule has 2 heterocycles. The molecule has 2 unspecified atom stereocenters. The van der Waals surface area contributed by atoms with E-state index < -0.39 is 0 Å². The standard InChI is InChI=1S/C15H23N3/c1-16-15-14(6-3-7-17-15)11-18-9-12-4-2-5-13(8-12)10-18/h3,6-7,12-13H,2,4-5,8-11H2,1H3,(H,16,17). The Morgan fingerprint density at radius 1 is 1.33 bits per heavy atom. The molecule has 18 heavy (non-hydrogen) atoms. The van der Waals surface area contributed by atoms with Gasteiger partial charge in [-0.25, -0.2) is 4.98 Å². The molecule has 1 saturated carbocycles. The van der Waals surface area contributed by atoms with Gasteiger partial charge in [0, 0.05) is 38.4 Å². The third kappa shape index (κ3) is 2.51. The Kier molecular flexibility index (Phi) is 3.50. The Morgan fingerprint density at radius 3 is 2.83 bits per heavy atom. The van der Waals surface area contributed by atoms with Crippen LogP contribution in [0.4, 0.5) is 5.82 Å². The SMILES string of the molecule is CNc1ncccc1CN1CC2CCCC(C2)C1. The van der Waals surface area contributed by atoms with Crippen LogP contribution in [-0.4, -0.2) is 30.0 Å². The van der Waals surface area contributed by atoms with Crippen LogP contribution in [0.25, 0.3) is 0 Å². The van der Waals surface area contributed by atoms with Gasteiger partial charge in [0.2, 0.25) is 0 Å². The van der Waals surface area contributed by atoms with Gasteiger partial charge in [-0.05, 0) is 37.2 Å². The van der Waals surface area contributed by atoms with Crippen LogP contribution >= 0.6 is 0 Å². The molecule has 0 radical (unpaired) electrons. The molecule has 1 N–H and O–H groups in total. The van der Waals surface area contributed by atoms with E-state index in [4.69, 9.17) is 0 Å².